The zero-order valence-electron chi connectivity index (χ0n) is 12.6. The molecule has 0 aromatic rings. The van der Waals surface area contributed by atoms with Crippen molar-refractivity contribution in [1.29, 1.82) is 0 Å². The Bertz CT molecular complexity index is 261. The number of nitrogens with zero attached hydrogens (tertiary/aromatic N) is 1. The van der Waals surface area contributed by atoms with Crippen LogP contribution in [0.15, 0.2) is 0 Å². The number of amides is 1. The zero-order chi connectivity index (χ0) is 14.1. The van der Waals surface area contributed by atoms with E-state index in [2.05, 4.69) is 15.5 Å². The summed E-state index contributed by atoms with van der Waals surface area (Å²) in [5, 5.41) is 6.14. The van der Waals surface area contributed by atoms with Crippen LogP contribution in [0.2, 0.25) is 0 Å². The highest BCUT2D eigenvalue weighted by atomic mass is 16.5. The average molecular weight is 271 g/mol. The van der Waals surface area contributed by atoms with Gasteiger partial charge in [-0.2, -0.15) is 0 Å². The number of likely N-dealkylation sites (tertiary alicyclic amines) is 1. The molecule has 0 aliphatic carbocycles. The van der Waals surface area contributed by atoms with Crippen LogP contribution in [0.1, 0.15) is 32.6 Å². The highest BCUT2D eigenvalue weighted by molar-refractivity contribution is 5.81. The van der Waals surface area contributed by atoms with Gasteiger partial charge in [-0.1, -0.05) is 6.42 Å². The minimum absolute atomic E-state index is 0.0426. The van der Waals surface area contributed by atoms with Gasteiger partial charge in [-0.3, -0.25) is 9.69 Å². The number of nitrogens with one attached hydrogen (secondary N) is 2. The van der Waals surface area contributed by atoms with E-state index in [0.29, 0.717) is 19.2 Å². The van der Waals surface area contributed by atoms with Crippen LogP contribution in [-0.2, 0) is 9.53 Å². The summed E-state index contributed by atoms with van der Waals surface area (Å²) < 4.78 is 4.96. The Hall–Kier alpha value is -0.650. The molecule has 1 fully saturated rings. The molecule has 0 aromatic heterocycles. The molecule has 1 aliphatic heterocycles. The molecular formula is C14H29N3O2. The van der Waals surface area contributed by atoms with Crippen molar-refractivity contribution in [3.8, 4) is 0 Å². The molecule has 0 spiro atoms. The molecule has 1 rings (SSSR count). The van der Waals surface area contributed by atoms with Gasteiger partial charge in [0, 0.05) is 19.7 Å². The molecule has 1 amide bonds. The first-order valence-corrected chi connectivity index (χ1v) is 7.37. The van der Waals surface area contributed by atoms with Crippen LogP contribution < -0.4 is 10.6 Å². The van der Waals surface area contributed by atoms with Crippen molar-refractivity contribution in [2.24, 2.45) is 0 Å². The van der Waals surface area contributed by atoms with Crippen molar-refractivity contribution < 1.29 is 9.53 Å². The van der Waals surface area contributed by atoms with Crippen molar-refractivity contribution >= 4 is 5.91 Å². The fourth-order valence-electron chi connectivity index (χ4n) is 2.73. The molecule has 0 aromatic carbocycles. The van der Waals surface area contributed by atoms with Gasteiger partial charge in [0.1, 0.15) is 0 Å². The molecule has 5 heteroatoms. The number of carbonyl (C=O) groups is 1. The fraction of sp³-hybridized carbons (Fsp3) is 0.929. The SMILES string of the molecule is CNCCC1CCCCN1C(C)C(=O)NCCOC. The lowest BCUT2D eigenvalue weighted by Crippen LogP contribution is -2.52. The van der Waals surface area contributed by atoms with Gasteiger partial charge in [-0.25, -0.2) is 0 Å². The second-order valence-electron chi connectivity index (χ2n) is 5.24. The zero-order valence-corrected chi connectivity index (χ0v) is 12.6. The molecule has 5 nitrogen and oxygen atoms in total. The van der Waals surface area contributed by atoms with Crippen molar-refractivity contribution in [3.05, 3.63) is 0 Å². The molecule has 112 valence electrons. The number of ether oxygens (including phenoxy) is 1. The molecule has 0 bridgehead atoms. The smallest absolute Gasteiger partial charge is 0.237 e. The van der Waals surface area contributed by atoms with Gasteiger partial charge in [0.25, 0.3) is 0 Å². The molecule has 19 heavy (non-hydrogen) atoms. The third-order valence-electron chi connectivity index (χ3n) is 3.88. The Morgan fingerprint density at radius 2 is 2.21 bits per heavy atom. The van der Waals surface area contributed by atoms with E-state index >= 15 is 0 Å². The van der Waals surface area contributed by atoms with E-state index in [0.717, 1.165) is 19.5 Å². The Labute approximate surface area is 117 Å². The summed E-state index contributed by atoms with van der Waals surface area (Å²) in [6.07, 6.45) is 4.80. The van der Waals surface area contributed by atoms with Gasteiger partial charge in [-0.05, 0) is 46.3 Å². The van der Waals surface area contributed by atoms with Crippen LogP contribution in [0.4, 0.5) is 0 Å². The predicted octanol–water partition coefficient (Wildman–Crippen LogP) is 0.602. The monoisotopic (exact) mass is 271 g/mol. The number of piperidine rings is 1. The van der Waals surface area contributed by atoms with Gasteiger partial charge < -0.3 is 15.4 Å². The van der Waals surface area contributed by atoms with Crippen LogP contribution in [-0.4, -0.2) is 63.3 Å². The third-order valence-corrected chi connectivity index (χ3v) is 3.88. The summed E-state index contributed by atoms with van der Waals surface area (Å²) >= 11 is 0. The Kier molecular flexibility index (Phi) is 8.02. The number of hydrogen-bond acceptors (Lipinski definition) is 4. The third kappa shape index (κ3) is 5.47. The fourth-order valence-corrected chi connectivity index (χ4v) is 2.73. The first kappa shape index (κ1) is 16.4. The van der Waals surface area contributed by atoms with Crippen molar-refractivity contribution in [3.63, 3.8) is 0 Å². The quantitative estimate of drug-likeness (QED) is 0.635. The minimum Gasteiger partial charge on any atom is -0.383 e. The molecule has 0 radical (unpaired) electrons. The van der Waals surface area contributed by atoms with Crippen molar-refractivity contribution in [1.82, 2.24) is 15.5 Å². The van der Waals surface area contributed by atoms with Gasteiger partial charge in [0.05, 0.1) is 12.6 Å². The van der Waals surface area contributed by atoms with Crippen LogP contribution in [0.25, 0.3) is 0 Å². The van der Waals surface area contributed by atoms with E-state index in [1.165, 1.54) is 19.3 Å². The summed E-state index contributed by atoms with van der Waals surface area (Å²) in [5.41, 5.74) is 0. The Morgan fingerprint density at radius 1 is 1.42 bits per heavy atom. The van der Waals surface area contributed by atoms with Crippen molar-refractivity contribution in [2.75, 3.05) is 40.4 Å². The molecule has 1 saturated heterocycles. The summed E-state index contributed by atoms with van der Waals surface area (Å²) in [6.45, 7) is 5.22. The molecule has 1 aliphatic rings. The van der Waals surface area contributed by atoms with E-state index in [1.54, 1.807) is 7.11 Å². The molecule has 2 atom stereocenters. The Morgan fingerprint density at radius 3 is 2.89 bits per heavy atom. The van der Waals surface area contributed by atoms with Gasteiger partial charge >= 0.3 is 0 Å². The van der Waals surface area contributed by atoms with Crippen LogP contribution >= 0.6 is 0 Å². The lowest BCUT2D eigenvalue weighted by Gasteiger charge is -2.39. The number of hydrogen-bond donors (Lipinski definition) is 2. The lowest BCUT2D eigenvalue weighted by atomic mass is 9.97. The second kappa shape index (κ2) is 9.28. The molecule has 2 unspecified atom stereocenters. The standard InChI is InChI=1S/C14H29N3O2/c1-12(14(18)16-9-11-19-3)17-10-5-4-6-13(17)7-8-15-2/h12-13,15H,4-11H2,1-3H3,(H,16,18). The molecule has 1 heterocycles. The number of rotatable bonds is 8. The molecule has 0 saturated carbocycles. The predicted molar refractivity (Wildman–Crippen MR) is 77.2 cm³/mol. The summed E-state index contributed by atoms with van der Waals surface area (Å²) in [4.78, 5) is 14.5. The second-order valence-corrected chi connectivity index (χ2v) is 5.24. The maximum atomic E-state index is 12.1. The highest BCUT2D eigenvalue weighted by Gasteiger charge is 2.29. The maximum Gasteiger partial charge on any atom is 0.237 e. The molecule has 2 N–H and O–H groups in total. The lowest BCUT2D eigenvalue weighted by molar-refractivity contribution is -0.127. The first-order chi connectivity index (χ1) is 9.20. The molecular weight excluding hydrogens is 242 g/mol. The summed E-state index contributed by atoms with van der Waals surface area (Å²) in [5.74, 6) is 0.119. The highest BCUT2D eigenvalue weighted by Crippen LogP contribution is 2.21. The number of methoxy groups -OCH3 is 1. The van der Waals surface area contributed by atoms with E-state index in [-0.39, 0.29) is 11.9 Å². The van der Waals surface area contributed by atoms with E-state index in [9.17, 15) is 4.79 Å². The van der Waals surface area contributed by atoms with E-state index < -0.39 is 0 Å². The first-order valence-electron chi connectivity index (χ1n) is 7.37. The van der Waals surface area contributed by atoms with Crippen LogP contribution in [0, 0.1) is 0 Å². The minimum atomic E-state index is -0.0426. The average Bonchev–Trinajstić information content (AvgIpc) is 2.44. The largest absolute Gasteiger partial charge is 0.383 e. The Balaban J connectivity index is 2.45. The van der Waals surface area contributed by atoms with Gasteiger partial charge in [-0.15, -0.1) is 0 Å². The number of carbonyl (C=O) groups excluding carboxylic acids is 1. The topological polar surface area (TPSA) is 53.6 Å². The normalized spacial score (nSPS) is 22.2. The van der Waals surface area contributed by atoms with E-state index in [1.807, 2.05) is 14.0 Å². The van der Waals surface area contributed by atoms with Crippen LogP contribution in [0.5, 0.6) is 0 Å². The van der Waals surface area contributed by atoms with Crippen LogP contribution in [0.3, 0.4) is 0 Å². The van der Waals surface area contributed by atoms with E-state index in [4.69, 9.17) is 4.74 Å². The van der Waals surface area contributed by atoms with Crippen molar-refractivity contribution in [2.45, 2.75) is 44.7 Å². The van der Waals surface area contributed by atoms with Gasteiger partial charge in [0.15, 0.2) is 0 Å². The van der Waals surface area contributed by atoms with Gasteiger partial charge in [0.2, 0.25) is 5.91 Å². The summed E-state index contributed by atoms with van der Waals surface area (Å²) in [6, 6.07) is 0.489. The summed E-state index contributed by atoms with van der Waals surface area (Å²) in [7, 11) is 3.63. The maximum absolute atomic E-state index is 12.1.